The van der Waals surface area contributed by atoms with Crippen molar-refractivity contribution in [1.29, 1.82) is 0 Å². The van der Waals surface area contributed by atoms with Crippen LogP contribution in [0.1, 0.15) is 69.7 Å². The van der Waals surface area contributed by atoms with Gasteiger partial charge in [0.1, 0.15) is 12.4 Å². The van der Waals surface area contributed by atoms with E-state index >= 15 is 0 Å². The Morgan fingerprint density at radius 3 is 2.12 bits per heavy atom. The van der Waals surface area contributed by atoms with E-state index in [1.807, 2.05) is 12.1 Å². The van der Waals surface area contributed by atoms with Crippen molar-refractivity contribution in [2.75, 3.05) is 32.8 Å². The Labute approximate surface area is 165 Å². The Bertz CT molecular complexity index is 461. The van der Waals surface area contributed by atoms with E-state index in [0.717, 1.165) is 38.4 Å². The topological polar surface area (TPSA) is 38.8 Å². The standard InChI is InChI=1S/C21H35NO3.ClH/c1-4-7-8-9-10-11-17-24-20-14-12-19(13-15-20)21(23)25-18-16-22(5-2)6-3;/h12-15H,4-11,16-18H2,1-3H3;1H. The maximum absolute atomic E-state index is 12.0. The molecule has 5 heteroatoms. The van der Waals surface area contributed by atoms with Gasteiger partial charge in [0.15, 0.2) is 0 Å². The molecule has 0 unspecified atom stereocenters. The lowest BCUT2D eigenvalue weighted by Crippen LogP contribution is -2.27. The molecule has 0 aliphatic carbocycles. The van der Waals surface area contributed by atoms with Crippen molar-refractivity contribution < 1.29 is 14.3 Å². The molecule has 0 radical (unpaired) electrons. The fraction of sp³-hybridized carbons (Fsp3) is 0.667. The van der Waals surface area contributed by atoms with E-state index in [0.29, 0.717) is 12.2 Å². The molecule has 0 N–H and O–H groups in total. The van der Waals surface area contributed by atoms with Crippen LogP contribution in [0, 0.1) is 0 Å². The summed E-state index contributed by atoms with van der Waals surface area (Å²) >= 11 is 0. The van der Waals surface area contributed by atoms with Crippen LogP contribution >= 0.6 is 12.4 Å². The molecule has 1 aromatic carbocycles. The lowest BCUT2D eigenvalue weighted by molar-refractivity contribution is 0.0466. The highest BCUT2D eigenvalue weighted by Crippen LogP contribution is 2.14. The van der Waals surface area contributed by atoms with Crippen molar-refractivity contribution in [3.8, 4) is 5.75 Å². The molecular weight excluding hydrogens is 350 g/mol. The molecule has 4 nitrogen and oxygen atoms in total. The Kier molecular flexibility index (Phi) is 15.2. The molecule has 0 saturated carbocycles. The van der Waals surface area contributed by atoms with Crippen molar-refractivity contribution in [1.82, 2.24) is 4.90 Å². The normalized spacial score (nSPS) is 10.5. The van der Waals surface area contributed by atoms with Gasteiger partial charge in [0.05, 0.1) is 12.2 Å². The molecule has 1 aromatic rings. The molecule has 0 aliphatic rings. The summed E-state index contributed by atoms with van der Waals surface area (Å²) in [6.45, 7) is 10.3. The van der Waals surface area contributed by atoms with Crippen molar-refractivity contribution in [2.24, 2.45) is 0 Å². The van der Waals surface area contributed by atoms with Crippen LogP contribution in [0.5, 0.6) is 5.75 Å². The highest BCUT2D eigenvalue weighted by Gasteiger charge is 2.08. The van der Waals surface area contributed by atoms with Crippen LogP contribution in [0.2, 0.25) is 0 Å². The molecule has 0 heterocycles. The van der Waals surface area contributed by atoms with Crippen molar-refractivity contribution in [2.45, 2.75) is 59.3 Å². The first kappa shape index (κ1) is 24.7. The SMILES string of the molecule is CCCCCCCCOc1ccc(C(=O)OCCN(CC)CC)cc1.Cl. The number of benzene rings is 1. The minimum atomic E-state index is -0.269. The number of hydrogen-bond donors (Lipinski definition) is 0. The van der Waals surface area contributed by atoms with Crippen LogP contribution in [0.15, 0.2) is 24.3 Å². The second-order valence-electron chi connectivity index (χ2n) is 6.30. The maximum Gasteiger partial charge on any atom is 0.338 e. The zero-order valence-corrected chi connectivity index (χ0v) is 17.5. The smallest absolute Gasteiger partial charge is 0.338 e. The van der Waals surface area contributed by atoms with Crippen LogP contribution in [0.25, 0.3) is 0 Å². The summed E-state index contributed by atoms with van der Waals surface area (Å²) in [6, 6.07) is 7.24. The molecule has 0 saturated heterocycles. The zero-order valence-electron chi connectivity index (χ0n) is 16.7. The number of ether oxygens (including phenoxy) is 2. The van der Waals surface area contributed by atoms with Crippen LogP contribution in [0.3, 0.4) is 0 Å². The number of carbonyl (C=O) groups is 1. The molecule has 0 aliphatic heterocycles. The number of hydrogen-bond acceptors (Lipinski definition) is 4. The van der Waals surface area contributed by atoms with E-state index < -0.39 is 0 Å². The van der Waals surface area contributed by atoms with E-state index in [1.165, 1.54) is 32.1 Å². The quantitative estimate of drug-likeness (QED) is 0.320. The molecule has 0 fully saturated rings. The van der Waals surface area contributed by atoms with Gasteiger partial charge in [-0.15, -0.1) is 12.4 Å². The van der Waals surface area contributed by atoms with Gasteiger partial charge in [0.2, 0.25) is 0 Å². The summed E-state index contributed by atoms with van der Waals surface area (Å²) in [5, 5.41) is 0. The number of nitrogens with zero attached hydrogens (tertiary/aromatic N) is 1. The molecule has 150 valence electrons. The third-order valence-corrected chi connectivity index (χ3v) is 4.39. The Hall–Kier alpha value is -1.26. The summed E-state index contributed by atoms with van der Waals surface area (Å²) in [6.07, 6.45) is 7.51. The van der Waals surface area contributed by atoms with Gasteiger partial charge in [-0.3, -0.25) is 0 Å². The molecule has 1 rings (SSSR count). The number of rotatable bonds is 14. The predicted octanol–water partition coefficient (Wildman–Crippen LogP) is 5.35. The minimum absolute atomic E-state index is 0. The van der Waals surface area contributed by atoms with Crippen LogP contribution in [0.4, 0.5) is 0 Å². The number of likely N-dealkylation sites (N-methyl/N-ethyl adjacent to an activating group) is 1. The molecule has 26 heavy (non-hydrogen) atoms. The number of halogens is 1. The minimum Gasteiger partial charge on any atom is -0.494 e. The third kappa shape index (κ3) is 10.7. The monoisotopic (exact) mass is 385 g/mol. The van der Waals surface area contributed by atoms with Crippen LogP contribution in [-0.4, -0.2) is 43.7 Å². The fourth-order valence-corrected chi connectivity index (χ4v) is 2.65. The zero-order chi connectivity index (χ0) is 18.3. The molecule has 0 spiro atoms. The van der Waals surface area contributed by atoms with Gasteiger partial charge >= 0.3 is 5.97 Å². The molecule has 0 amide bonds. The summed E-state index contributed by atoms with van der Waals surface area (Å²) in [5.41, 5.74) is 0.575. The Morgan fingerprint density at radius 1 is 0.885 bits per heavy atom. The summed E-state index contributed by atoms with van der Waals surface area (Å²) in [7, 11) is 0. The summed E-state index contributed by atoms with van der Waals surface area (Å²) in [5.74, 6) is 0.544. The lowest BCUT2D eigenvalue weighted by atomic mass is 10.1. The largest absolute Gasteiger partial charge is 0.494 e. The first-order chi connectivity index (χ1) is 12.2. The average molecular weight is 386 g/mol. The number of carbonyl (C=O) groups excluding carboxylic acids is 1. The fourth-order valence-electron chi connectivity index (χ4n) is 2.65. The number of unbranched alkanes of at least 4 members (excludes halogenated alkanes) is 5. The highest BCUT2D eigenvalue weighted by molar-refractivity contribution is 5.89. The molecular formula is C21H36ClNO3. The first-order valence-corrected chi connectivity index (χ1v) is 9.83. The first-order valence-electron chi connectivity index (χ1n) is 9.83. The van der Waals surface area contributed by atoms with Gasteiger partial charge < -0.3 is 14.4 Å². The van der Waals surface area contributed by atoms with E-state index in [4.69, 9.17) is 9.47 Å². The Morgan fingerprint density at radius 2 is 1.50 bits per heavy atom. The maximum atomic E-state index is 12.0. The van der Waals surface area contributed by atoms with Crippen LogP contribution in [-0.2, 0) is 4.74 Å². The average Bonchev–Trinajstić information content (AvgIpc) is 2.65. The van der Waals surface area contributed by atoms with Gasteiger partial charge in [-0.2, -0.15) is 0 Å². The third-order valence-electron chi connectivity index (χ3n) is 4.39. The van der Waals surface area contributed by atoms with Gasteiger partial charge in [-0.05, 0) is 43.8 Å². The second-order valence-corrected chi connectivity index (χ2v) is 6.30. The van der Waals surface area contributed by atoms with Gasteiger partial charge in [0, 0.05) is 6.54 Å². The number of esters is 1. The van der Waals surface area contributed by atoms with Crippen molar-refractivity contribution >= 4 is 18.4 Å². The lowest BCUT2D eigenvalue weighted by Gasteiger charge is -2.17. The molecule has 0 atom stereocenters. The van der Waals surface area contributed by atoms with E-state index in [-0.39, 0.29) is 18.4 Å². The van der Waals surface area contributed by atoms with E-state index in [9.17, 15) is 4.79 Å². The summed E-state index contributed by atoms with van der Waals surface area (Å²) < 4.78 is 11.1. The van der Waals surface area contributed by atoms with E-state index in [1.54, 1.807) is 12.1 Å². The van der Waals surface area contributed by atoms with Gasteiger partial charge in [-0.25, -0.2) is 4.79 Å². The summed E-state index contributed by atoms with van der Waals surface area (Å²) in [4.78, 5) is 14.2. The van der Waals surface area contributed by atoms with Gasteiger partial charge in [0.25, 0.3) is 0 Å². The van der Waals surface area contributed by atoms with Crippen LogP contribution < -0.4 is 4.74 Å². The highest BCUT2D eigenvalue weighted by atomic mass is 35.5. The molecule has 0 aromatic heterocycles. The van der Waals surface area contributed by atoms with Crippen molar-refractivity contribution in [3.63, 3.8) is 0 Å². The molecule has 0 bridgehead atoms. The van der Waals surface area contributed by atoms with Crippen molar-refractivity contribution in [3.05, 3.63) is 29.8 Å². The van der Waals surface area contributed by atoms with E-state index in [2.05, 4.69) is 25.7 Å². The van der Waals surface area contributed by atoms with Gasteiger partial charge in [-0.1, -0.05) is 52.9 Å². The Balaban J connectivity index is 0.00000625. The second kappa shape index (κ2) is 16.0. The predicted molar refractivity (Wildman–Crippen MR) is 111 cm³/mol.